The summed E-state index contributed by atoms with van der Waals surface area (Å²) in [6.07, 6.45) is 5.23. The van der Waals surface area contributed by atoms with Gasteiger partial charge in [-0.1, -0.05) is 42.8 Å². The fourth-order valence-electron chi connectivity index (χ4n) is 4.02. The first kappa shape index (κ1) is 16.6. The van der Waals surface area contributed by atoms with Gasteiger partial charge in [0.15, 0.2) is 0 Å². The predicted molar refractivity (Wildman–Crippen MR) is 100.0 cm³/mol. The van der Waals surface area contributed by atoms with Crippen molar-refractivity contribution in [2.45, 2.75) is 44.3 Å². The van der Waals surface area contributed by atoms with Crippen LogP contribution in [0.15, 0.2) is 48.5 Å². The minimum Gasteiger partial charge on any atom is -0.487 e. The van der Waals surface area contributed by atoms with Crippen LogP contribution in [0.5, 0.6) is 5.75 Å². The Morgan fingerprint density at radius 1 is 0.960 bits per heavy atom. The van der Waals surface area contributed by atoms with Crippen LogP contribution in [-0.2, 0) is 12.8 Å². The quantitative estimate of drug-likeness (QED) is 0.902. The van der Waals surface area contributed by atoms with Crippen LogP contribution in [0.3, 0.4) is 0 Å². The van der Waals surface area contributed by atoms with E-state index in [1.165, 1.54) is 43.5 Å². The Kier molecular flexibility index (Phi) is 5.04. The molecule has 132 valence electrons. The Morgan fingerprint density at radius 3 is 2.48 bits per heavy atom. The first-order valence-electron chi connectivity index (χ1n) is 9.53. The summed E-state index contributed by atoms with van der Waals surface area (Å²) in [5.41, 5.74) is 3.55. The number of nitrogens with zero attached hydrogens (tertiary/aromatic N) is 1. The second-order valence-electron chi connectivity index (χ2n) is 7.30. The van der Waals surface area contributed by atoms with Gasteiger partial charge < -0.3 is 14.7 Å². The summed E-state index contributed by atoms with van der Waals surface area (Å²) < 4.78 is 6.06. The molecule has 1 fully saturated rings. The minimum absolute atomic E-state index is 0.184. The standard InChI is InChI=1S/C22H27NO2/c24-22-20-7-3-2-6-18(20)16-21(22)25-19-10-8-17(9-11-19)12-15-23-13-4-1-5-14-23/h2-3,6-11,21-22,24H,1,4-5,12-16H2. The van der Waals surface area contributed by atoms with E-state index in [1.54, 1.807) is 0 Å². The number of benzene rings is 2. The van der Waals surface area contributed by atoms with Gasteiger partial charge >= 0.3 is 0 Å². The topological polar surface area (TPSA) is 32.7 Å². The maximum Gasteiger partial charge on any atom is 0.133 e. The van der Waals surface area contributed by atoms with E-state index in [-0.39, 0.29) is 6.10 Å². The molecule has 0 radical (unpaired) electrons. The number of likely N-dealkylation sites (tertiary alicyclic amines) is 1. The molecule has 2 aliphatic rings. The van der Waals surface area contributed by atoms with Gasteiger partial charge in [-0.2, -0.15) is 0 Å². The van der Waals surface area contributed by atoms with E-state index in [0.29, 0.717) is 0 Å². The molecule has 0 saturated carbocycles. The molecule has 4 rings (SSSR count). The summed E-state index contributed by atoms with van der Waals surface area (Å²) in [5.74, 6) is 0.846. The van der Waals surface area contributed by atoms with Crippen LogP contribution < -0.4 is 4.74 Å². The lowest BCUT2D eigenvalue weighted by Crippen LogP contribution is -2.31. The van der Waals surface area contributed by atoms with Gasteiger partial charge in [0.05, 0.1) is 0 Å². The molecule has 2 aromatic carbocycles. The van der Waals surface area contributed by atoms with Gasteiger partial charge in [0, 0.05) is 13.0 Å². The molecule has 0 spiro atoms. The number of aliphatic hydroxyl groups excluding tert-OH is 1. The summed E-state index contributed by atoms with van der Waals surface area (Å²) in [7, 11) is 0. The molecule has 2 aromatic rings. The number of ether oxygens (including phenoxy) is 1. The number of fused-ring (bicyclic) bond motifs is 1. The fraction of sp³-hybridized carbons (Fsp3) is 0.455. The average molecular weight is 337 g/mol. The predicted octanol–water partition coefficient (Wildman–Crippen LogP) is 3.75. The van der Waals surface area contributed by atoms with E-state index in [2.05, 4.69) is 23.1 Å². The summed E-state index contributed by atoms with van der Waals surface area (Å²) in [6.45, 7) is 3.65. The summed E-state index contributed by atoms with van der Waals surface area (Å²) in [4.78, 5) is 2.57. The van der Waals surface area contributed by atoms with Gasteiger partial charge in [0.1, 0.15) is 18.0 Å². The molecule has 0 aromatic heterocycles. The zero-order valence-corrected chi connectivity index (χ0v) is 14.7. The molecule has 3 heteroatoms. The molecule has 0 amide bonds. The molecular weight excluding hydrogens is 310 g/mol. The first-order chi connectivity index (χ1) is 12.3. The number of piperidine rings is 1. The van der Waals surface area contributed by atoms with Gasteiger partial charge in [-0.3, -0.25) is 0 Å². The summed E-state index contributed by atoms with van der Waals surface area (Å²) in [6, 6.07) is 16.5. The average Bonchev–Trinajstić information content (AvgIpc) is 2.98. The van der Waals surface area contributed by atoms with Gasteiger partial charge in [0.2, 0.25) is 0 Å². The lowest BCUT2D eigenvalue weighted by molar-refractivity contribution is 0.0494. The second kappa shape index (κ2) is 7.59. The molecule has 1 N–H and O–H groups in total. The number of rotatable bonds is 5. The van der Waals surface area contributed by atoms with E-state index < -0.39 is 6.10 Å². The smallest absolute Gasteiger partial charge is 0.133 e. The number of aliphatic hydroxyl groups is 1. The van der Waals surface area contributed by atoms with Gasteiger partial charge in [-0.25, -0.2) is 0 Å². The van der Waals surface area contributed by atoms with E-state index in [1.807, 2.05) is 30.3 Å². The van der Waals surface area contributed by atoms with Crippen molar-refractivity contribution in [2.75, 3.05) is 19.6 Å². The molecule has 1 saturated heterocycles. The SMILES string of the molecule is OC1c2ccccc2CC1Oc1ccc(CCN2CCCCC2)cc1. The van der Waals surface area contributed by atoms with Gasteiger partial charge in [-0.05, 0) is 61.2 Å². The molecular formula is C22H27NO2. The van der Waals surface area contributed by atoms with Crippen molar-refractivity contribution in [3.63, 3.8) is 0 Å². The van der Waals surface area contributed by atoms with Crippen molar-refractivity contribution in [1.82, 2.24) is 4.90 Å². The van der Waals surface area contributed by atoms with E-state index in [4.69, 9.17) is 4.74 Å². The van der Waals surface area contributed by atoms with E-state index in [9.17, 15) is 5.11 Å². The molecule has 2 unspecified atom stereocenters. The van der Waals surface area contributed by atoms with Crippen LogP contribution in [0.25, 0.3) is 0 Å². The van der Waals surface area contributed by atoms with Gasteiger partial charge in [-0.15, -0.1) is 0 Å². The third kappa shape index (κ3) is 3.88. The van der Waals surface area contributed by atoms with Crippen molar-refractivity contribution in [2.24, 2.45) is 0 Å². The fourth-order valence-corrected chi connectivity index (χ4v) is 4.02. The summed E-state index contributed by atoms with van der Waals surface area (Å²) in [5, 5.41) is 10.5. The highest BCUT2D eigenvalue weighted by Gasteiger charge is 2.32. The van der Waals surface area contributed by atoms with Crippen molar-refractivity contribution in [3.8, 4) is 5.75 Å². The van der Waals surface area contributed by atoms with Crippen molar-refractivity contribution < 1.29 is 9.84 Å². The van der Waals surface area contributed by atoms with Crippen molar-refractivity contribution >= 4 is 0 Å². The van der Waals surface area contributed by atoms with Crippen molar-refractivity contribution in [1.29, 1.82) is 0 Å². The Morgan fingerprint density at radius 2 is 1.72 bits per heavy atom. The van der Waals surface area contributed by atoms with Crippen LogP contribution in [0.2, 0.25) is 0 Å². The Balaban J connectivity index is 1.32. The largest absolute Gasteiger partial charge is 0.487 e. The lowest BCUT2D eigenvalue weighted by atomic mass is 10.1. The lowest BCUT2D eigenvalue weighted by Gasteiger charge is -2.26. The third-order valence-electron chi connectivity index (χ3n) is 5.52. The zero-order valence-electron chi connectivity index (χ0n) is 14.7. The molecule has 1 aliphatic heterocycles. The maximum atomic E-state index is 10.5. The van der Waals surface area contributed by atoms with E-state index in [0.717, 1.165) is 30.7 Å². The molecule has 1 heterocycles. The molecule has 3 nitrogen and oxygen atoms in total. The first-order valence-corrected chi connectivity index (χ1v) is 9.53. The number of hydrogen-bond acceptors (Lipinski definition) is 3. The number of hydrogen-bond donors (Lipinski definition) is 1. The Hall–Kier alpha value is -1.84. The minimum atomic E-state index is -0.532. The van der Waals surface area contributed by atoms with Crippen LogP contribution in [0, 0.1) is 0 Å². The monoisotopic (exact) mass is 337 g/mol. The second-order valence-corrected chi connectivity index (χ2v) is 7.30. The highest BCUT2D eigenvalue weighted by Crippen LogP contribution is 2.33. The Bertz CT molecular complexity index is 691. The van der Waals surface area contributed by atoms with Crippen LogP contribution in [-0.4, -0.2) is 35.7 Å². The maximum absolute atomic E-state index is 10.5. The Labute approximate surface area is 150 Å². The van der Waals surface area contributed by atoms with Crippen LogP contribution in [0.4, 0.5) is 0 Å². The van der Waals surface area contributed by atoms with Gasteiger partial charge in [0.25, 0.3) is 0 Å². The highest BCUT2D eigenvalue weighted by atomic mass is 16.5. The van der Waals surface area contributed by atoms with Crippen LogP contribution >= 0.6 is 0 Å². The normalized spacial score (nSPS) is 23.4. The zero-order chi connectivity index (χ0) is 17.1. The molecule has 0 bridgehead atoms. The summed E-state index contributed by atoms with van der Waals surface area (Å²) >= 11 is 0. The molecule has 25 heavy (non-hydrogen) atoms. The highest BCUT2D eigenvalue weighted by molar-refractivity contribution is 5.36. The molecule has 1 aliphatic carbocycles. The molecule has 2 atom stereocenters. The van der Waals surface area contributed by atoms with Crippen LogP contribution in [0.1, 0.15) is 42.1 Å². The van der Waals surface area contributed by atoms with E-state index >= 15 is 0 Å². The van der Waals surface area contributed by atoms with Crippen molar-refractivity contribution in [3.05, 3.63) is 65.2 Å². The third-order valence-corrected chi connectivity index (χ3v) is 5.52.